The Morgan fingerprint density at radius 2 is 2.46 bits per heavy atom. The molecule has 1 aliphatic rings. The van der Waals surface area contributed by atoms with Crippen LogP contribution >= 0.6 is 0 Å². The highest BCUT2D eigenvalue weighted by atomic mass is 16.1. The Balaban J connectivity index is 2.63. The summed E-state index contributed by atoms with van der Waals surface area (Å²) in [7, 11) is 0. The average molecular weight is 179 g/mol. The van der Waals surface area contributed by atoms with E-state index < -0.39 is 0 Å². The maximum Gasteiger partial charge on any atom is 0.255 e. The molecule has 2 N–H and O–H groups in total. The highest BCUT2D eigenvalue weighted by Crippen LogP contribution is 2.20. The highest BCUT2D eigenvalue weighted by Gasteiger charge is 2.17. The fourth-order valence-electron chi connectivity index (χ4n) is 1.89. The van der Waals surface area contributed by atoms with Crippen molar-refractivity contribution in [2.75, 3.05) is 5.73 Å². The summed E-state index contributed by atoms with van der Waals surface area (Å²) in [5, 5.41) is 0. The normalized spacial score (nSPS) is 21.2. The van der Waals surface area contributed by atoms with E-state index in [1.165, 1.54) is 6.07 Å². The largest absolute Gasteiger partial charge is 0.383 e. The fraction of sp³-hybridized carbons (Fsp3) is 0.556. The molecule has 0 saturated heterocycles. The van der Waals surface area contributed by atoms with Crippen LogP contribution in [-0.2, 0) is 6.42 Å². The molecule has 0 aromatic carbocycles. The van der Waals surface area contributed by atoms with E-state index in [2.05, 4.69) is 4.98 Å². The van der Waals surface area contributed by atoms with Gasteiger partial charge in [-0.15, -0.1) is 0 Å². The number of nitrogens with zero attached hydrogens (tertiary/aromatic N) is 2. The lowest BCUT2D eigenvalue weighted by Gasteiger charge is -2.23. The zero-order valence-electron chi connectivity index (χ0n) is 7.66. The molecule has 1 aromatic rings. The molecule has 1 atom stereocenters. The monoisotopic (exact) mass is 179 g/mol. The molecule has 1 aromatic heterocycles. The first-order valence-electron chi connectivity index (χ1n) is 4.56. The minimum absolute atomic E-state index is 0.0188. The third-order valence-corrected chi connectivity index (χ3v) is 2.51. The van der Waals surface area contributed by atoms with Crippen molar-refractivity contribution >= 4 is 5.82 Å². The first-order valence-corrected chi connectivity index (χ1v) is 4.56. The Morgan fingerprint density at radius 1 is 1.69 bits per heavy atom. The van der Waals surface area contributed by atoms with Gasteiger partial charge < -0.3 is 5.73 Å². The smallest absolute Gasteiger partial charge is 0.255 e. The number of nitrogen functional groups attached to an aromatic ring is 1. The van der Waals surface area contributed by atoms with Gasteiger partial charge in [0.15, 0.2) is 0 Å². The van der Waals surface area contributed by atoms with E-state index in [0.29, 0.717) is 5.82 Å². The van der Waals surface area contributed by atoms with Gasteiger partial charge in [-0.25, -0.2) is 4.98 Å². The predicted molar refractivity (Wildman–Crippen MR) is 50.6 cm³/mol. The summed E-state index contributed by atoms with van der Waals surface area (Å²) in [6.07, 6.45) is 3.01. The van der Waals surface area contributed by atoms with Crippen LogP contribution < -0.4 is 11.3 Å². The number of rotatable bonds is 0. The molecule has 70 valence electrons. The van der Waals surface area contributed by atoms with Gasteiger partial charge in [0.1, 0.15) is 11.6 Å². The molecule has 0 bridgehead atoms. The zero-order valence-corrected chi connectivity index (χ0v) is 7.66. The summed E-state index contributed by atoms with van der Waals surface area (Å²) >= 11 is 0. The number of hydrogen-bond acceptors (Lipinski definition) is 3. The Kier molecular flexibility index (Phi) is 1.83. The summed E-state index contributed by atoms with van der Waals surface area (Å²) in [5.74, 6) is 1.18. The number of aryl methyl sites for hydroxylation is 1. The maximum absolute atomic E-state index is 11.5. The van der Waals surface area contributed by atoms with Crippen LogP contribution in [0.3, 0.4) is 0 Å². The van der Waals surface area contributed by atoms with Crippen molar-refractivity contribution in [1.29, 1.82) is 0 Å². The second-order valence-electron chi connectivity index (χ2n) is 3.55. The zero-order chi connectivity index (χ0) is 9.42. The third-order valence-electron chi connectivity index (χ3n) is 2.51. The van der Waals surface area contributed by atoms with Crippen LogP contribution in [0.1, 0.15) is 31.6 Å². The van der Waals surface area contributed by atoms with Gasteiger partial charge in [0.25, 0.3) is 5.56 Å². The maximum atomic E-state index is 11.5. The van der Waals surface area contributed by atoms with Gasteiger partial charge in [0, 0.05) is 18.5 Å². The van der Waals surface area contributed by atoms with Crippen LogP contribution in [0.5, 0.6) is 0 Å². The Morgan fingerprint density at radius 3 is 3.23 bits per heavy atom. The van der Waals surface area contributed by atoms with Gasteiger partial charge in [-0.1, -0.05) is 0 Å². The molecule has 2 heterocycles. The van der Waals surface area contributed by atoms with Crippen LogP contribution in [-0.4, -0.2) is 9.55 Å². The minimum Gasteiger partial charge on any atom is -0.383 e. The number of nitrogens with two attached hydrogens (primary N) is 1. The van der Waals surface area contributed by atoms with Gasteiger partial charge in [-0.3, -0.25) is 9.36 Å². The summed E-state index contributed by atoms with van der Waals surface area (Å²) in [6.45, 7) is 2.04. The molecule has 0 saturated carbocycles. The third kappa shape index (κ3) is 1.32. The summed E-state index contributed by atoms with van der Waals surface area (Å²) in [4.78, 5) is 15.7. The average Bonchev–Trinajstić information content (AvgIpc) is 2.02. The molecule has 13 heavy (non-hydrogen) atoms. The van der Waals surface area contributed by atoms with E-state index in [1.54, 1.807) is 4.57 Å². The van der Waals surface area contributed by atoms with Crippen LogP contribution in [0.15, 0.2) is 10.9 Å². The molecule has 1 unspecified atom stereocenters. The van der Waals surface area contributed by atoms with Crippen LogP contribution in [0.2, 0.25) is 0 Å². The topological polar surface area (TPSA) is 60.9 Å². The van der Waals surface area contributed by atoms with E-state index in [0.717, 1.165) is 25.1 Å². The highest BCUT2D eigenvalue weighted by molar-refractivity contribution is 5.26. The van der Waals surface area contributed by atoms with Crippen molar-refractivity contribution in [3.8, 4) is 0 Å². The van der Waals surface area contributed by atoms with Crippen molar-refractivity contribution < 1.29 is 0 Å². The van der Waals surface area contributed by atoms with Gasteiger partial charge in [0.2, 0.25) is 0 Å². The van der Waals surface area contributed by atoms with Crippen molar-refractivity contribution in [1.82, 2.24) is 9.55 Å². The number of anilines is 1. The minimum atomic E-state index is -0.0188. The number of aromatic nitrogens is 2. The second-order valence-corrected chi connectivity index (χ2v) is 3.55. The summed E-state index contributed by atoms with van der Waals surface area (Å²) in [6, 6.07) is 1.66. The van der Waals surface area contributed by atoms with Gasteiger partial charge in [0.05, 0.1) is 0 Å². The van der Waals surface area contributed by atoms with Crippen molar-refractivity contribution in [2.45, 2.75) is 32.2 Å². The number of fused-ring (bicyclic) bond motifs is 1. The number of hydrogen-bond donors (Lipinski definition) is 1. The molecule has 1 aliphatic heterocycles. The SMILES string of the molecule is CC1CCCc2nc(N)cc(=O)n21. The van der Waals surface area contributed by atoms with Crippen LogP contribution in [0.25, 0.3) is 0 Å². The Bertz CT molecular complexity index is 383. The lowest BCUT2D eigenvalue weighted by Crippen LogP contribution is -2.30. The van der Waals surface area contributed by atoms with Crippen molar-refractivity contribution in [2.24, 2.45) is 0 Å². The quantitative estimate of drug-likeness (QED) is 0.638. The van der Waals surface area contributed by atoms with Crippen LogP contribution in [0, 0.1) is 0 Å². The van der Waals surface area contributed by atoms with Crippen molar-refractivity contribution in [3.05, 3.63) is 22.2 Å². The lowest BCUT2D eigenvalue weighted by atomic mass is 10.1. The Hall–Kier alpha value is -1.32. The second kappa shape index (κ2) is 2.87. The van der Waals surface area contributed by atoms with Gasteiger partial charge >= 0.3 is 0 Å². The van der Waals surface area contributed by atoms with E-state index in [9.17, 15) is 4.79 Å². The molecule has 4 nitrogen and oxygen atoms in total. The standard InChI is InChI=1S/C9H13N3O/c1-6-3-2-4-8-11-7(10)5-9(13)12(6)8/h5-6H,2-4,10H2,1H3. The first-order chi connectivity index (χ1) is 6.18. The molecule has 0 amide bonds. The Labute approximate surface area is 76.4 Å². The van der Waals surface area contributed by atoms with Gasteiger partial charge in [-0.05, 0) is 19.8 Å². The van der Waals surface area contributed by atoms with E-state index in [4.69, 9.17) is 5.73 Å². The van der Waals surface area contributed by atoms with Gasteiger partial charge in [-0.2, -0.15) is 0 Å². The van der Waals surface area contributed by atoms with E-state index in [1.807, 2.05) is 6.92 Å². The van der Waals surface area contributed by atoms with Crippen LogP contribution in [0.4, 0.5) is 5.82 Å². The summed E-state index contributed by atoms with van der Waals surface area (Å²) < 4.78 is 1.75. The molecule has 0 aliphatic carbocycles. The summed E-state index contributed by atoms with van der Waals surface area (Å²) in [5.41, 5.74) is 5.48. The molecule has 0 radical (unpaired) electrons. The van der Waals surface area contributed by atoms with E-state index in [-0.39, 0.29) is 11.6 Å². The molecule has 0 spiro atoms. The molecular weight excluding hydrogens is 166 g/mol. The molecule has 4 heteroatoms. The predicted octanol–water partition coefficient (Wildman–Crippen LogP) is 0.723. The lowest BCUT2D eigenvalue weighted by molar-refractivity contribution is 0.406. The van der Waals surface area contributed by atoms with E-state index >= 15 is 0 Å². The fourth-order valence-corrected chi connectivity index (χ4v) is 1.89. The first kappa shape index (κ1) is 8.29. The molecular formula is C9H13N3O. The van der Waals surface area contributed by atoms with Crippen molar-refractivity contribution in [3.63, 3.8) is 0 Å². The molecule has 2 rings (SSSR count). The molecule has 0 fully saturated rings.